The average Bonchev–Trinajstić information content (AvgIpc) is 2.50. The van der Waals surface area contributed by atoms with Crippen molar-refractivity contribution < 1.29 is 9.59 Å². The van der Waals surface area contributed by atoms with Gasteiger partial charge in [0.2, 0.25) is 5.91 Å². The molecule has 0 saturated heterocycles. The maximum atomic E-state index is 12.4. The molecule has 0 unspecified atom stereocenters. The largest absolute Gasteiger partial charge is 0.322 e. The lowest BCUT2D eigenvalue weighted by Gasteiger charge is -2.10. The smallest absolute Gasteiger partial charge is 0.272 e. The van der Waals surface area contributed by atoms with Gasteiger partial charge < -0.3 is 10.6 Å². The van der Waals surface area contributed by atoms with E-state index in [2.05, 4.69) is 26.6 Å². The van der Waals surface area contributed by atoms with Crippen LogP contribution in [0.3, 0.4) is 0 Å². The van der Waals surface area contributed by atoms with Crippen molar-refractivity contribution in [3.63, 3.8) is 0 Å². The molecule has 4 nitrogen and oxygen atoms in total. The molecule has 0 saturated carbocycles. The molecule has 0 fully saturated rings. The average molecular weight is 373 g/mol. The first-order chi connectivity index (χ1) is 11.0. The van der Waals surface area contributed by atoms with Crippen LogP contribution >= 0.6 is 15.9 Å². The first-order valence-corrected chi connectivity index (χ1v) is 7.87. The normalized spacial score (nSPS) is 11.0. The van der Waals surface area contributed by atoms with Gasteiger partial charge in [-0.15, -0.1) is 0 Å². The number of amides is 2. The predicted octanol–water partition coefficient (Wildman–Crippen LogP) is 3.87. The summed E-state index contributed by atoms with van der Waals surface area (Å²) >= 11 is 3.34. The maximum Gasteiger partial charge on any atom is 0.272 e. The maximum absolute atomic E-state index is 12.4. The lowest BCUT2D eigenvalue weighted by Crippen LogP contribution is -2.29. The summed E-state index contributed by atoms with van der Waals surface area (Å²) in [4.78, 5) is 23.8. The van der Waals surface area contributed by atoms with Gasteiger partial charge in [0.1, 0.15) is 5.70 Å². The van der Waals surface area contributed by atoms with Crippen molar-refractivity contribution in [3.05, 3.63) is 69.8 Å². The highest BCUT2D eigenvalue weighted by Gasteiger charge is 2.12. The Hall–Kier alpha value is -2.40. The van der Waals surface area contributed by atoms with Crippen LogP contribution in [0.5, 0.6) is 0 Å². The molecule has 0 aliphatic carbocycles. The number of anilines is 1. The van der Waals surface area contributed by atoms with E-state index < -0.39 is 0 Å². The third-order valence-corrected chi connectivity index (χ3v) is 3.67. The fourth-order valence-electron chi connectivity index (χ4n) is 1.98. The zero-order chi connectivity index (χ0) is 16.8. The molecule has 2 N–H and O–H groups in total. The van der Waals surface area contributed by atoms with E-state index >= 15 is 0 Å². The topological polar surface area (TPSA) is 58.2 Å². The second kappa shape index (κ2) is 7.74. The third kappa shape index (κ3) is 5.07. The monoisotopic (exact) mass is 372 g/mol. The van der Waals surface area contributed by atoms with E-state index in [0.29, 0.717) is 5.69 Å². The summed E-state index contributed by atoms with van der Waals surface area (Å²) in [5, 5.41) is 5.36. The van der Waals surface area contributed by atoms with E-state index in [-0.39, 0.29) is 17.5 Å². The van der Waals surface area contributed by atoms with E-state index in [1.54, 1.807) is 18.2 Å². The Morgan fingerprint density at radius 1 is 1.04 bits per heavy atom. The zero-order valence-corrected chi connectivity index (χ0v) is 14.5. The molecule has 0 atom stereocenters. The molecule has 2 rings (SSSR count). The SMILES string of the molecule is CC(=O)N/C(=C\c1ccccc1C)C(=O)Nc1ccc(Br)cc1. The first kappa shape index (κ1) is 17.0. The summed E-state index contributed by atoms with van der Waals surface area (Å²) in [6.45, 7) is 3.32. The first-order valence-electron chi connectivity index (χ1n) is 7.07. The lowest BCUT2D eigenvalue weighted by atomic mass is 10.1. The summed E-state index contributed by atoms with van der Waals surface area (Å²) in [6.07, 6.45) is 1.67. The molecule has 2 aromatic rings. The molecule has 5 heteroatoms. The van der Waals surface area contributed by atoms with Crippen LogP contribution < -0.4 is 10.6 Å². The number of benzene rings is 2. The number of aryl methyl sites for hydroxylation is 1. The van der Waals surface area contributed by atoms with Gasteiger partial charge in [0.25, 0.3) is 5.91 Å². The number of carbonyl (C=O) groups is 2. The Bertz CT molecular complexity index is 752. The van der Waals surface area contributed by atoms with Crippen LogP contribution in [0, 0.1) is 6.92 Å². The minimum atomic E-state index is -0.370. The second-order valence-electron chi connectivity index (χ2n) is 5.06. The van der Waals surface area contributed by atoms with Crippen molar-refractivity contribution in [2.24, 2.45) is 0 Å². The van der Waals surface area contributed by atoms with Gasteiger partial charge in [-0.1, -0.05) is 40.2 Å². The number of rotatable bonds is 4. The van der Waals surface area contributed by atoms with Crippen LogP contribution in [0.2, 0.25) is 0 Å². The second-order valence-corrected chi connectivity index (χ2v) is 5.97. The van der Waals surface area contributed by atoms with Crippen molar-refractivity contribution in [1.29, 1.82) is 0 Å². The van der Waals surface area contributed by atoms with Crippen LogP contribution in [-0.4, -0.2) is 11.8 Å². The summed E-state index contributed by atoms with van der Waals surface area (Å²) in [5.74, 6) is -0.665. The third-order valence-electron chi connectivity index (χ3n) is 3.15. The van der Waals surface area contributed by atoms with Crippen molar-refractivity contribution in [3.8, 4) is 0 Å². The highest BCUT2D eigenvalue weighted by atomic mass is 79.9. The Balaban J connectivity index is 2.27. The van der Waals surface area contributed by atoms with Crippen molar-refractivity contribution in [2.75, 3.05) is 5.32 Å². The fraction of sp³-hybridized carbons (Fsp3) is 0.111. The van der Waals surface area contributed by atoms with Crippen LogP contribution in [-0.2, 0) is 9.59 Å². The standard InChI is InChI=1S/C18H17BrN2O2/c1-12-5-3-4-6-14(12)11-17(20-13(2)22)18(23)21-16-9-7-15(19)8-10-16/h3-11H,1-2H3,(H,20,22)(H,21,23)/b17-11-. The highest BCUT2D eigenvalue weighted by molar-refractivity contribution is 9.10. The molecular formula is C18H17BrN2O2. The molecule has 0 spiro atoms. The predicted molar refractivity (Wildman–Crippen MR) is 95.7 cm³/mol. The van der Waals surface area contributed by atoms with Gasteiger partial charge in [0.05, 0.1) is 0 Å². The number of halogens is 1. The Labute approximate surface area is 143 Å². The van der Waals surface area contributed by atoms with Gasteiger partial charge in [-0.05, 0) is 48.4 Å². The lowest BCUT2D eigenvalue weighted by molar-refractivity contribution is -0.120. The molecule has 118 valence electrons. The quantitative estimate of drug-likeness (QED) is 0.800. The minimum Gasteiger partial charge on any atom is -0.322 e. The summed E-state index contributed by atoms with van der Waals surface area (Å²) in [7, 11) is 0. The molecule has 2 amide bonds. The van der Waals surface area contributed by atoms with Crippen LogP contribution in [0.15, 0.2) is 58.7 Å². The zero-order valence-electron chi connectivity index (χ0n) is 12.9. The van der Waals surface area contributed by atoms with Crippen LogP contribution in [0.4, 0.5) is 5.69 Å². The molecule has 0 aliphatic heterocycles. The molecule has 0 bridgehead atoms. The Kier molecular flexibility index (Phi) is 5.71. The van der Waals surface area contributed by atoms with E-state index in [1.165, 1.54) is 6.92 Å². The molecule has 0 radical (unpaired) electrons. The summed E-state index contributed by atoms with van der Waals surface area (Å²) < 4.78 is 0.924. The number of carbonyl (C=O) groups excluding carboxylic acids is 2. The summed E-state index contributed by atoms with van der Waals surface area (Å²) in [5.41, 5.74) is 2.75. The minimum absolute atomic E-state index is 0.203. The number of hydrogen-bond acceptors (Lipinski definition) is 2. The summed E-state index contributed by atoms with van der Waals surface area (Å²) in [6, 6.07) is 14.9. The molecule has 0 aliphatic rings. The van der Waals surface area contributed by atoms with E-state index in [0.717, 1.165) is 15.6 Å². The van der Waals surface area contributed by atoms with Crippen LogP contribution in [0.25, 0.3) is 6.08 Å². The Morgan fingerprint density at radius 3 is 2.30 bits per heavy atom. The number of nitrogens with one attached hydrogen (secondary N) is 2. The van der Waals surface area contributed by atoms with Crippen molar-refractivity contribution in [1.82, 2.24) is 5.32 Å². The van der Waals surface area contributed by atoms with Gasteiger partial charge in [0, 0.05) is 17.1 Å². The van der Waals surface area contributed by atoms with Crippen molar-refractivity contribution >= 4 is 39.5 Å². The number of hydrogen-bond donors (Lipinski definition) is 2. The molecule has 23 heavy (non-hydrogen) atoms. The molecular weight excluding hydrogens is 356 g/mol. The van der Waals surface area contributed by atoms with E-state index in [1.807, 2.05) is 43.3 Å². The van der Waals surface area contributed by atoms with Gasteiger partial charge in [0.15, 0.2) is 0 Å². The fourth-order valence-corrected chi connectivity index (χ4v) is 2.25. The van der Waals surface area contributed by atoms with Gasteiger partial charge in [-0.3, -0.25) is 9.59 Å². The molecule has 0 heterocycles. The Morgan fingerprint density at radius 2 is 1.70 bits per heavy atom. The molecule has 0 aromatic heterocycles. The van der Waals surface area contributed by atoms with E-state index in [4.69, 9.17) is 0 Å². The van der Waals surface area contributed by atoms with Gasteiger partial charge >= 0.3 is 0 Å². The highest BCUT2D eigenvalue weighted by Crippen LogP contribution is 2.16. The van der Waals surface area contributed by atoms with Crippen molar-refractivity contribution in [2.45, 2.75) is 13.8 Å². The van der Waals surface area contributed by atoms with E-state index in [9.17, 15) is 9.59 Å². The van der Waals surface area contributed by atoms with Crippen LogP contribution in [0.1, 0.15) is 18.1 Å². The van der Waals surface area contributed by atoms with Gasteiger partial charge in [-0.25, -0.2) is 0 Å². The molecule has 2 aromatic carbocycles. The van der Waals surface area contributed by atoms with Gasteiger partial charge in [-0.2, -0.15) is 0 Å².